The summed E-state index contributed by atoms with van der Waals surface area (Å²) in [5, 5.41) is 2.76. The molecule has 7 nitrogen and oxygen atoms in total. The Balaban J connectivity index is 1.55. The Morgan fingerprint density at radius 3 is 2.39 bits per heavy atom. The minimum atomic E-state index is -4.20. The van der Waals surface area contributed by atoms with Gasteiger partial charge in [0, 0.05) is 24.7 Å². The van der Waals surface area contributed by atoms with Crippen molar-refractivity contribution in [3.8, 4) is 0 Å². The van der Waals surface area contributed by atoms with Gasteiger partial charge in [0.25, 0.3) is 0 Å². The fourth-order valence-electron chi connectivity index (χ4n) is 3.50. The van der Waals surface area contributed by atoms with Gasteiger partial charge >= 0.3 is 5.97 Å². The van der Waals surface area contributed by atoms with E-state index in [0.717, 1.165) is 29.3 Å². The third-order valence-electron chi connectivity index (χ3n) is 5.45. The van der Waals surface area contributed by atoms with Gasteiger partial charge in [-0.05, 0) is 61.7 Å². The lowest BCUT2D eigenvalue weighted by Crippen LogP contribution is -2.41. The number of carbonyl (C=O) groups excluding carboxylic acids is 2. The number of unbranched alkanes of at least 4 members (excludes halogenated alkanes) is 1. The molecule has 0 radical (unpaired) electrons. The first-order valence-electron chi connectivity index (χ1n) is 10.8. The second kappa shape index (κ2) is 10.8. The molecule has 1 aliphatic rings. The zero-order valence-electron chi connectivity index (χ0n) is 18.2. The lowest BCUT2D eigenvalue weighted by Gasteiger charge is -2.30. The molecule has 1 aliphatic heterocycles. The van der Waals surface area contributed by atoms with Crippen LogP contribution in [0.2, 0.25) is 0 Å². The van der Waals surface area contributed by atoms with Crippen molar-refractivity contribution in [3.63, 3.8) is 0 Å². The van der Waals surface area contributed by atoms with E-state index in [1.807, 2.05) is 6.92 Å². The predicted molar refractivity (Wildman–Crippen MR) is 118 cm³/mol. The van der Waals surface area contributed by atoms with Crippen molar-refractivity contribution in [2.45, 2.75) is 37.5 Å². The number of nitrogens with zero attached hydrogens (tertiary/aromatic N) is 1. The van der Waals surface area contributed by atoms with E-state index in [-0.39, 0.29) is 31.8 Å². The van der Waals surface area contributed by atoms with Crippen molar-refractivity contribution in [1.29, 1.82) is 0 Å². The molecule has 2 aromatic rings. The first kappa shape index (κ1) is 24.8. The molecule has 33 heavy (non-hydrogen) atoms. The van der Waals surface area contributed by atoms with Gasteiger partial charge in [0.05, 0.1) is 12.2 Å². The molecule has 0 aliphatic carbocycles. The summed E-state index contributed by atoms with van der Waals surface area (Å²) in [6.07, 6.45) is 2.19. The maximum Gasteiger partial charge on any atom is 0.338 e. The molecule has 0 bridgehead atoms. The van der Waals surface area contributed by atoms with Crippen LogP contribution in [0.15, 0.2) is 47.4 Å². The second-order valence-electron chi connectivity index (χ2n) is 7.81. The zero-order chi connectivity index (χ0) is 24.0. The van der Waals surface area contributed by atoms with E-state index < -0.39 is 38.4 Å². The SMILES string of the molecule is CCCCOC(=O)c1ccc(NC(=O)C2CCN(S(=O)(=O)c3cc(F)ccc3F)CC2)cc1. The number of piperidine rings is 1. The molecule has 1 fully saturated rings. The van der Waals surface area contributed by atoms with Gasteiger partial charge in [-0.15, -0.1) is 0 Å². The fraction of sp³-hybridized carbons (Fsp3) is 0.391. The molecular weight excluding hydrogens is 454 g/mol. The summed E-state index contributed by atoms with van der Waals surface area (Å²) < 4.78 is 59.0. The van der Waals surface area contributed by atoms with Crippen LogP contribution in [0.4, 0.5) is 14.5 Å². The normalized spacial score (nSPS) is 15.2. The molecule has 0 unspecified atom stereocenters. The van der Waals surface area contributed by atoms with Gasteiger partial charge in [0.15, 0.2) is 0 Å². The van der Waals surface area contributed by atoms with Crippen LogP contribution in [0.3, 0.4) is 0 Å². The first-order valence-corrected chi connectivity index (χ1v) is 12.2. The summed E-state index contributed by atoms with van der Waals surface area (Å²) in [5.74, 6) is -3.00. The van der Waals surface area contributed by atoms with Crippen LogP contribution in [-0.2, 0) is 19.6 Å². The highest BCUT2D eigenvalue weighted by Crippen LogP contribution is 2.26. The van der Waals surface area contributed by atoms with Gasteiger partial charge < -0.3 is 10.1 Å². The molecule has 0 spiro atoms. The van der Waals surface area contributed by atoms with E-state index in [0.29, 0.717) is 23.9 Å². The van der Waals surface area contributed by atoms with Gasteiger partial charge in [0.1, 0.15) is 16.5 Å². The quantitative estimate of drug-likeness (QED) is 0.456. The standard InChI is InChI=1S/C23H26F2N2O5S/c1-2-3-14-32-23(29)17-4-7-19(8-5-17)26-22(28)16-10-12-27(13-11-16)33(30,31)21-15-18(24)6-9-20(21)25/h4-9,15-16H,2-3,10-14H2,1H3,(H,26,28). The number of rotatable bonds is 8. The van der Waals surface area contributed by atoms with Crippen molar-refractivity contribution in [2.24, 2.45) is 5.92 Å². The summed E-state index contributed by atoms with van der Waals surface area (Å²) in [6.45, 7) is 2.38. The summed E-state index contributed by atoms with van der Waals surface area (Å²) in [4.78, 5) is 23.8. The first-order chi connectivity index (χ1) is 15.7. The number of halogens is 2. The number of carbonyl (C=O) groups is 2. The molecule has 0 saturated carbocycles. The van der Waals surface area contributed by atoms with Gasteiger partial charge in [-0.1, -0.05) is 13.3 Å². The van der Waals surface area contributed by atoms with Gasteiger partial charge in [0.2, 0.25) is 15.9 Å². The minimum absolute atomic E-state index is 0.0128. The van der Waals surface area contributed by atoms with E-state index in [1.54, 1.807) is 24.3 Å². The predicted octanol–water partition coefficient (Wildman–Crippen LogP) is 3.96. The van der Waals surface area contributed by atoms with Gasteiger partial charge in [-0.25, -0.2) is 22.0 Å². The molecule has 1 heterocycles. The van der Waals surface area contributed by atoms with Crippen molar-refractivity contribution in [3.05, 3.63) is 59.7 Å². The zero-order valence-corrected chi connectivity index (χ0v) is 19.0. The summed E-state index contributed by atoms with van der Waals surface area (Å²) in [5.41, 5.74) is 0.884. The lowest BCUT2D eigenvalue weighted by atomic mass is 9.97. The van der Waals surface area contributed by atoms with Crippen molar-refractivity contribution in [2.75, 3.05) is 25.0 Å². The van der Waals surface area contributed by atoms with Gasteiger partial charge in [-0.2, -0.15) is 4.31 Å². The molecule has 10 heteroatoms. The Morgan fingerprint density at radius 2 is 1.76 bits per heavy atom. The summed E-state index contributed by atoms with van der Waals surface area (Å²) in [6, 6.07) is 8.61. The number of sulfonamides is 1. The average Bonchev–Trinajstić information content (AvgIpc) is 2.81. The molecule has 1 N–H and O–H groups in total. The number of anilines is 1. The minimum Gasteiger partial charge on any atom is -0.462 e. The van der Waals surface area contributed by atoms with E-state index in [2.05, 4.69) is 5.32 Å². The lowest BCUT2D eigenvalue weighted by molar-refractivity contribution is -0.120. The van der Waals surface area contributed by atoms with Crippen LogP contribution in [0.25, 0.3) is 0 Å². The van der Waals surface area contributed by atoms with Crippen LogP contribution in [0.1, 0.15) is 43.0 Å². The number of amides is 1. The van der Waals surface area contributed by atoms with E-state index in [1.165, 1.54) is 0 Å². The maximum atomic E-state index is 14.0. The number of hydrogen-bond donors (Lipinski definition) is 1. The third-order valence-corrected chi connectivity index (χ3v) is 7.37. The van der Waals surface area contributed by atoms with Gasteiger partial charge in [-0.3, -0.25) is 4.79 Å². The third kappa shape index (κ3) is 6.14. The smallest absolute Gasteiger partial charge is 0.338 e. The number of nitrogens with one attached hydrogen (secondary N) is 1. The van der Waals surface area contributed by atoms with Crippen LogP contribution in [0, 0.1) is 17.6 Å². The highest BCUT2D eigenvalue weighted by Gasteiger charge is 2.33. The molecule has 1 saturated heterocycles. The molecule has 0 atom stereocenters. The molecule has 3 rings (SSSR count). The Kier molecular flexibility index (Phi) is 8.15. The largest absolute Gasteiger partial charge is 0.462 e. The molecule has 1 amide bonds. The maximum absolute atomic E-state index is 14.0. The van der Waals surface area contributed by atoms with Crippen molar-refractivity contribution in [1.82, 2.24) is 4.31 Å². The van der Waals surface area contributed by atoms with Crippen molar-refractivity contribution >= 4 is 27.6 Å². The monoisotopic (exact) mass is 480 g/mol. The van der Waals surface area contributed by atoms with E-state index >= 15 is 0 Å². The number of benzene rings is 2. The Labute approximate surface area is 191 Å². The van der Waals surface area contributed by atoms with E-state index in [9.17, 15) is 26.8 Å². The number of hydrogen-bond acceptors (Lipinski definition) is 5. The Hall–Kier alpha value is -2.85. The highest BCUT2D eigenvalue weighted by atomic mass is 32.2. The highest BCUT2D eigenvalue weighted by molar-refractivity contribution is 7.89. The molecular formula is C23H26F2N2O5S. The van der Waals surface area contributed by atoms with Crippen LogP contribution in [-0.4, -0.2) is 44.3 Å². The Morgan fingerprint density at radius 1 is 1.09 bits per heavy atom. The number of ether oxygens (including phenoxy) is 1. The van der Waals surface area contributed by atoms with Crippen LogP contribution < -0.4 is 5.32 Å². The molecule has 178 valence electrons. The molecule has 0 aromatic heterocycles. The summed E-state index contributed by atoms with van der Waals surface area (Å²) in [7, 11) is -4.20. The van der Waals surface area contributed by atoms with Crippen molar-refractivity contribution < 1.29 is 31.5 Å². The Bertz CT molecular complexity index is 1100. The average molecular weight is 481 g/mol. The van der Waals surface area contributed by atoms with Crippen LogP contribution in [0.5, 0.6) is 0 Å². The van der Waals surface area contributed by atoms with E-state index in [4.69, 9.17) is 4.74 Å². The second-order valence-corrected chi connectivity index (χ2v) is 9.72. The fourth-order valence-corrected chi connectivity index (χ4v) is 5.04. The molecule has 2 aromatic carbocycles. The topological polar surface area (TPSA) is 92.8 Å². The number of esters is 1. The van der Waals surface area contributed by atoms with Crippen LogP contribution >= 0.6 is 0 Å². The summed E-state index contributed by atoms with van der Waals surface area (Å²) >= 11 is 0.